The van der Waals surface area contributed by atoms with Gasteiger partial charge in [-0.1, -0.05) is 40.2 Å². The fraction of sp³-hybridized carbons (Fsp3) is 0.333. The van der Waals surface area contributed by atoms with Crippen LogP contribution in [0, 0.1) is 13.8 Å². The summed E-state index contributed by atoms with van der Waals surface area (Å²) in [6.45, 7) is 13.9. The van der Waals surface area contributed by atoms with E-state index in [0.29, 0.717) is 29.8 Å². The molecule has 3 N–H and O–H groups in total. The molecule has 2 aromatic carbocycles. The number of aryl methyl sites for hydroxylation is 1. The number of hydrogen-bond acceptors (Lipinski definition) is 3. The van der Waals surface area contributed by atoms with E-state index in [1.807, 2.05) is 62.4 Å². The molecule has 1 aliphatic rings. The van der Waals surface area contributed by atoms with Crippen LogP contribution in [0.2, 0.25) is 0 Å². The van der Waals surface area contributed by atoms with Gasteiger partial charge in [-0.05, 0) is 82.5 Å². The average molecular weight is 564 g/mol. The Balaban J connectivity index is 1.64. The van der Waals surface area contributed by atoms with E-state index in [1.54, 1.807) is 0 Å². The van der Waals surface area contributed by atoms with Gasteiger partial charge in [-0.3, -0.25) is 14.5 Å². The molecule has 0 radical (unpaired) electrons. The summed E-state index contributed by atoms with van der Waals surface area (Å²) in [5.74, 6) is -0.257. The maximum atomic E-state index is 13.1. The van der Waals surface area contributed by atoms with Gasteiger partial charge in [0, 0.05) is 52.3 Å². The maximum absolute atomic E-state index is 13.1. The van der Waals surface area contributed by atoms with Crippen LogP contribution in [0.3, 0.4) is 0 Å². The Morgan fingerprint density at radius 2 is 1.78 bits per heavy atom. The predicted octanol–water partition coefficient (Wildman–Crippen LogP) is 6.40. The number of anilines is 1. The van der Waals surface area contributed by atoms with Crippen molar-refractivity contribution in [3.8, 4) is 11.1 Å². The summed E-state index contributed by atoms with van der Waals surface area (Å²) in [6.07, 6.45) is 1.86. The van der Waals surface area contributed by atoms with Crippen LogP contribution in [-0.2, 0) is 4.79 Å². The van der Waals surface area contributed by atoms with Crippen molar-refractivity contribution in [2.45, 2.75) is 53.6 Å². The van der Waals surface area contributed by atoms with E-state index in [9.17, 15) is 9.59 Å². The Morgan fingerprint density at radius 1 is 1.08 bits per heavy atom. The Morgan fingerprint density at radius 3 is 2.46 bits per heavy atom. The first kappa shape index (κ1) is 26.9. The van der Waals surface area contributed by atoms with Crippen molar-refractivity contribution in [2.24, 2.45) is 0 Å². The van der Waals surface area contributed by atoms with Crippen LogP contribution in [0.4, 0.5) is 5.69 Å². The zero-order valence-corrected chi connectivity index (χ0v) is 23.9. The van der Waals surface area contributed by atoms with Crippen molar-refractivity contribution in [1.29, 1.82) is 0 Å². The minimum Gasteiger partial charge on any atom is -0.358 e. The lowest BCUT2D eigenvalue weighted by Crippen LogP contribution is -2.42. The average Bonchev–Trinajstić information content (AvgIpc) is 3.30. The molecule has 0 bridgehead atoms. The van der Waals surface area contributed by atoms with Crippen molar-refractivity contribution < 1.29 is 9.59 Å². The van der Waals surface area contributed by atoms with E-state index in [1.165, 1.54) is 0 Å². The number of aromatic nitrogens is 1. The molecule has 2 heterocycles. The first-order valence-corrected chi connectivity index (χ1v) is 13.5. The highest BCUT2D eigenvalue weighted by atomic mass is 79.9. The summed E-state index contributed by atoms with van der Waals surface area (Å²) < 4.78 is 0.974. The summed E-state index contributed by atoms with van der Waals surface area (Å²) in [5.41, 5.74) is 7.22. The van der Waals surface area contributed by atoms with Gasteiger partial charge in [-0.25, -0.2) is 0 Å². The summed E-state index contributed by atoms with van der Waals surface area (Å²) in [5, 5.41) is 6.08. The maximum Gasteiger partial charge on any atom is 0.256 e. The van der Waals surface area contributed by atoms with Crippen molar-refractivity contribution in [1.82, 2.24) is 15.2 Å². The number of carbonyl (C=O) groups excluding carboxylic acids is 2. The van der Waals surface area contributed by atoms with Crippen molar-refractivity contribution in [3.63, 3.8) is 0 Å². The first-order valence-electron chi connectivity index (χ1n) is 12.7. The van der Waals surface area contributed by atoms with Gasteiger partial charge < -0.3 is 15.6 Å². The molecule has 194 valence electrons. The SMILES string of the molecule is Cc1[nH]c(/C=C2\C(=O)Nc3cccc(-c4cccc(Br)c4)c32)c(C)c1C(=O)NCCN(C(C)C)C(C)C. The molecule has 0 saturated carbocycles. The summed E-state index contributed by atoms with van der Waals surface area (Å²) in [6, 6.07) is 14.8. The van der Waals surface area contributed by atoms with Gasteiger partial charge in [0.25, 0.3) is 11.8 Å². The lowest BCUT2D eigenvalue weighted by molar-refractivity contribution is -0.110. The van der Waals surface area contributed by atoms with Gasteiger partial charge in [0.15, 0.2) is 0 Å². The smallest absolute Gasteiger partial charge is 0.256 e. The van der Waals surface area contributed by atoms with E-state index < -0.39 is 0 Å². The molecule has 3 aromatic rings. The van der Waals surface area contributed by atoms with Crippen LogP contribution in [0.25, 0.3) is 22.8 Å². The third kappa shape index (κ3) is 5.58. The third-order valence-electron chi connectivity index (χ3n) is 6.94. The molecule has 7 heteroatoms. The van der Waals surface area contributed by atoms with Crippen molar-refractivity contribution in [2.75, 3.05) is 18.4 Å². The second kappa shape index (κ2) is 11.1. The highest BCUT2D eigenvalue weighted by Crippen LogP contribution is 2.41. The lowest BCUT2D eigenvalue weighted by Gasteiger charge is -2.30. The molecule has 0 fully saturated rings. The van der Waals surface area contributed by atoms with E-state index in [2.05, 4.69) is 64.1 Å². The molecular weight excluding hydrogens is 528 g/mol. The normalized spacial score (nSPS) is 14.1. The topological polar surface area (TPSA) is 77.2 Å². The number of nitrogens with zero attached hydrogens (tertiary/aromatic N) is 1. The number of halogens is 1. The molecule has 2 amide bonds. The molecule has 1 aliphatic heterocycles. The second-order valence-electron chi connectivity index (χ2n) is 10.1. The lowest BCUT2D eigenvalue weighted by atomic mass is 9.94. The quantitative estimate of drug-likeness (QED) is 0.278. The molecule has 37 heavy (non-hydrogen) atoms. The van der Waals surface area contributed by atoms with Crippen LogP contribution < -0.4 is 10.6 Å². The fourth-order valence-corrected chi connectivity index (χ4v) is 5.59. The highest BCUT2D eigenvalue weighted by molar-refractivity contribution is 9.10. The van der Waals surface area contributed by atoms with E-state index in [0.717, 1.165) is 50.3 Å². The largest absolute Gasteiger partial charge is 0.358 e. The number of benzene rings is 2. The molecule has 0 saturated heterocycles. The second-order valence-corrected chi connectivity index (χ2v) is 11.0. The van der Waals surface area contributed by atoms with Crippen LogP contribution in [-0.4, -0.2) is 46.9 Å². The number of amides is 2. The minimum absolute atomic E-state index is 0.102. The van der Waals surface area contributed by atoms with Gasteiger partial charge >= 0.3 is 0 Å². The monoisotopic (exact) mass is 562 g/mol. The molecule has 1 aromatic heterocycles. The molecule has 6 nitrogen and oxygen atoms in total. The van der Waals surface area contributed by atoms with Crippen LogP contribution in [0.5, 0.6) is 0 Å². The number of carbonyl (C=O) groups is 2. The molecule has 4 rings (SSSR count). The molecule has 0 spiro atoms. The van der Waals surface area contributed by atoms with E-state index in [-0.39, 0.29) is 11.8 Å². The summed E-state index contributed by atoms with van der Waals surface area (Å²) in [4.78, 5) is 31.9. The number of nitrogens with one attached hydrogen (secondary N) is 3. The number of rotatable bonds is 8. The van der Waals surface area contributed by atoms with Crippen LogP contribution >= 0.6 is 15.9 Å². The van der Waals surface area contributed by atoms with Crippen molar-refractivity contribution >= 4 is 45.1 Å². The Labute approximate surface area is 227 Å². The van der Waals surface area contributed by atoms with Crippen molar-refractivity contribution in [3.05, 3.63) is 75.0 Å². The first-order chi connectivity index (χ1) is 17.6. The Hall–Kier alpha value is -3.16. The van der Waals surface area contributed by atoms with E-state index in [4.69, 9.17) is 0 Å². The van der Waals surface area contributed by atoms with Gasteiger partial charge in [0.1, 0.15) is 0 Å². The number of fused-ring (bicyclic) bond motifs is 1. The zero-order valence-electron chi connectivity index (χ0n) is 22.3. The standard InChI is InChI=1S/C30H35BrN4O2/c1-17(2)35(18(3)4)14-13-32-30(37)27-19(5)26(33-20(27)6)16-24-28-23(21-9-7-10-22(31)15-21)11-8-12-25(28)34-29(24)36/h7-12,15-18,33H,13-14H2,1-6H3,(H,32,37)(H,34,36)/b24-16-. The number of hydrogen-bond donors (Lipinski definition) is 3. The number of aromatic amines is 1. The molecule has 0 aliphatic carbocycles. The minimum atomic E-state index is -0.155. The Bertz CT molecular complexity index is 1360. The van der Waals surface area contributed by atoms with Gasteiger partial charge in [0.05, 0.1) is 11.1 Å². The zero-order chi connectivity index (χ0) is 26.9. The van der Waals surface area contributed by atoms with E-state index >= 15 is 0 Å². The van der Waals surface area contributed by atoms with Gasteiger partial charge in [-0.2, -0.15) is 0 Å². The van der Waals surface area contributed by atoms with Gasteiger partial charge in [0.2, 0.25) is 0 Å². The fourth-order valence-electron chi connectivity index (χ4n) is 5.19. The Kier molecular flexibility index (Phi) is 8.05. The van der Waals surface area contributed by atoms with Gasteiger partial charge in [-0.15, -0.1) is 0 Å². The van der Waals surface area contributed by atoms with Crippen LogP contribution in [0.15, 0.2) is 46.9 Å². The van der Waals surface area contributed by atoms with Crippen LogP contribution in [0.1, 0.15) is 60.6 Å². The molecule has 0 unspecified atom stereocenters. The highest BCUT2D eigenvalue weighted by Gasteiger charge is 2.28. The summed E-state index contributed by atoms with van der Waals surface area (Å²) in [7, 11) is 0. The molecular formula is C30H35BrN4O2. The predicted molar refractivity (Wildman–Crippen MR) is 156 cm³/mol. The summed E-state index contributed by atoms with van der Waals surface area (Å²) >= 11 is 3.55. The molecule has 0 atom stereocenters. The third-order valence-corrected chi connectivity index (χ3v) is 7.43. The number of H-pyrrole nitrogens is 1.